The summed E-state index contributed by atoms with van der Waals surface area (Å²) in [5.41, 5.74) is 0.334. The van der Waals surface area contributed by atoms with Crippen molar-refractivity contribution >= 4 is 35.1 Å². The summed E-state index contributed by atoms with van der Waals surface area (Å²) in [6, 6.07) is 1.49. The summed E-state index contributed by atoms with van der Waals surface area (Å²) < 4.78 is 4.72. The van der Waals surface area contributed by atoms with Gasteiger partial charge in [-0.3, -0.25) is 9.59 Å². The van der Waals surface area contributed by atoms with Crippen molar-refractivity contribution in [1.29, 1.82) is 0 Å². The molecule has 7 heteroatoms. The van der Waals surface area contributed by atoms with Gasteiger partial charge in [-0.05, 0) is 18.9 Å². The summed E-state index contributed by atoms with van der Waals surface area (Å²) in [4.78, 5) is 28.1. The number of hydrogen-bond acceptors (Lipinski definition) is 3. The van der Waals surface area contributed by atoms with Crippen LogP contribution in [0.4, 0.5) is 0 Å². The quantitative estimate of drug-likeness (QED) is 0.853. The molecule has 1 aromatic rings. The van der Waals surface area contributed by atoms with E-state index in [0.29, 0.717) is 23.8 Å². The lowest BCUT2D eigenvalue weighted by Gasteiger charge is -2.31. The van der Waals surface area contributed by atoms with Crippen LogP contribution in [-0.2, 0) is 9.53 Å². The molecule has 104 valence electrons. The van der Waals surface area contributed by atoms with Gasteiger partial charge in [-0.15, -0.1) is 0 Å². The van der Waals surface area contributed by atoms with Gasteiger partial charge in [-0.1, -0.05) is 23.2 Å². The summed E-state index contributed by atoms with van der Waals surface area (Å²) in [5.74, 6) is -0.744. The van der Waals surface area contributed by atoms with Crippen LogP contribution in [0.1, 0.15) is 23.3 Å². The Hall–Kier alpha value is -1.20. The molecule has 1 aromatic heterocycles. The molecule has 1 atom stereocenters. The highest BCUT2D eigenvalue weighted by Crippen LogP contribution is 2.24. The van der Waals surface area contributed by atoms with Crippen LogP contribution in [-0.4, -0.2) is 42.0 Å². The Morgan fingerprint density at radius 1 is 1.47 bits per heavy atom. The number of aromatic amines is 1. The molecule has 0 spiro atoms. The second-order valence-corrected chi connectivity index (χ2v) is 5.24. The van der Waals surface area contributed by atoms with E-state index in [1.165, 1.54) is 13.2 Å². The zero-order valence-electron chi connectivity index (χ0n) is 10.4. The largest absolute Gasteiger partial charge is 0.469 e. The fraction of sp³-hybridized carbons (Fsp3) is 0.500. The van der Waals surface area contributed by atoms with E-state index in [9.17, 15) is 9.59 Å². The number of nitrogens with zero attached hydrogens (tertiary/aromatic N) is 1. The Morgan fingerprint density at radius 3 is 2.79 bits per heavy atom. The Kier molecular flexibility index (Phi) is 4.37. The molecular formula is C12H14Cl2N2O3. The highest BCUT2D eigenvalue weighted by Gasteiger charge is 2.30. The van der Waals surface area contributed by atoms with Gasteiger partial charge < -0.3 is 14.6 Å². The summed E-state index contributed by atoms with van der Waals surface area (Å²) in [5, 5.41) is 0.554. The second-order valence-electron chi connectivity index (χ2n) is 4.46. The zero-order valence-corrected chi connectivity index (χ0v) is 11.9. The van der Waals surface area contributed by atoms with Crippen LogP contribution in [0.25, 0.3) is 0 Å². The van der Waals surface area contributed by atoms with Crippen molar-refractivity contribution in [2.45, 2.75) is 12.8 Å². The van der Waals surface area contributed by atoms with Crippen molar-refractivity contribution < 1.29 is 14.3 Å². The number of methoxy groups -OCH3 is 1. The number of carbonyl (C=O) groups is 2. The number of H-pyrrole nitrogens is 1. The molecule has 0 saturated carbocycles. The molecule has 0 radical (unpaired) electrons. The van der Waals surface area contributed by atoms with Crippen molar-refractivity contribution in [2.24, 2.45) is 5.92 Å². The molecule has 2 rings (SSSR count). The van der Waals surface area contributed by atoms with Crippen molar-refractivity contribution in [3.63, 3.8) is 0 Å². The first-order valence-electron chi connectivity index (χ1n) is 5.94. The first kappa shape index (κ1) is 14.2. The van der Waals surface area contributed by atoms with Gasteiger partial charge in [0.25, 0.3) is 5.91 Å². The molecule has 2 heterocycles. The summed E-state index contributed by atoms with van der Waals surface area (Å²) in [6.07, 6.45) is 1.51. The number of aromatic nitrogens is 1. The predicted octanol–water partition coefficient (Wildman–Crippen LogP) is 2.35. The number of halogens is 2. The van der Waals surface area contributed by atoms with Gasteiger partial charge >= 0.3 is 5.97 Å². The number of rotatable bonds is 2. The van der Waals surface area contributed by atoms with Gasteiger partial charge in [0, 0.05) is 13.1 Å². The molecule has 0 aliphatic carbocycles. The van der Waals surface area contributed by atoms with E-state index in [1.54, 1.807) is 4.90 Å². The fourth-order valence-corrected chi connectivity index (χ4v) is 2.52. The Morgan fingerprint density at radius 2 is 2.21 bits per heavy atom. The van der Waals surface area contributed by atoms with Crippen LogP contribution < -0.4 is 0 Å². The summed E-state index contributed by atoms with van der Waals surface area (Å²) in [7, 11) is 1.35. The Labute approximate surface area is 120 Å². The average Bonchev–Trinajstić information content (AvgIpc) is 2.77. The number of amides is 1. The SMILES string of the molecule is COC(=O)C1CCCN(C(=O)c2cc(Cl)c(Cl)[nH]2)C1. The van der Waals surface area contributed by atoms with Crippen molar-refractivity contribution in [3.05, 3.63) is 21.9 Å². The van der Waals surface area contributed by atoms with Crippen LogP contribution >= 0.6 is 23.2 Å². The van der Waals surface area contributed by atoms with Crippen molar-refractivity contribution in [2.75, 3.05) is 20.2 Å². The smallest absolute Gasteiger partial charge is 0.310 e. The molecule has 1 aliphatic rings. The van der Waals surface area contributed by atoms with Gasteiger partial charge in [-0.2, -0.15) is 0 Å². The maximum atomic E-state index is 12.2. The molecule has 1 unspecified atom stereocenters. The fourth-order valence-electron chi connectivity index (χ4n) is 2.21. The standard InChI is InChI=1S/C12H14Cl2N2O3/c1-19-12(18)7-3-2-4-16(6-7)11(17)9-5-8(13)10(14)15-9/h5,7,15H,2-4,6H2,1H3. The van der Waals surface area contributed by atoms with Crippen LogP contribution in [0, 0.1) is 5.92 Å². The number of piperidine rings is 1. The highest BCUT2D eigenvalue weighted by atomic mass is 35.5. The van der Waals surface area contributed by atoms with Crippen LogP contribution in [0.3, 0.4) is 0 Å². The first-order valence-corrected chi connectivity index (χ1v) is 6.69. The summed E-state index contributed by atoms with van der Waals surface area (Å²) in [6.45, 7) is 0.973. The molecule has 0 aromatic carbocycles. The lowest BCUT2D eigenvalue weighted by molar-refractivity contribution is -0.146. The number of ether oxygens (including phenoxy) is 1. The third-order valence-electron chi connectivity index (χ3n) is 3.20. The third-order valence-corrected chi connectivity index (χ3v) is 3.89. The maximum Gasteiger partial charge on any atom is 0.310 e. The maximum absolute atomic E-state index is 12.2. The molecular weight excluding hydrogens is 291 g/mol. The van der Waals surface area contributed by atoms with Gasteiger partial charge in [0.2, 0.25) is 0 Å². The topological polar surface area (TPSA) is 62.4 Å². The molecule has 1 fully saturated rings. The van der Waals surface area contributed by atoms with Crippen LogP contribution in [0.15, 0.2) is 6.07 Å². The van der Waals surface area contributed by atoms with Crippen molar-refractivity contribution in [1.82, 2.24) is 9.88 Å². The second kappa shape index (κ2) is 5.84. The van der Waals surface area contributed by atoms with Crippen LogP contribution in [0.5, 0.6) is 0 Å². The number of hydrogen-bond donors (Lipinski definition) is 1. The van der Waals surface area contributed by atoms with Crippen molar-refractivity contribution in [3.8, 4) is 0 Å². The lowest BCUT2D eigenvalue weighted by atomic mass is 9.98. The Balaban J connectivity index is 2.09. The zero-order chi connectivity index (χ0) is 14.0. The summed E-state index contributed by atoms with van der Waals surface area (Å²) >= 11 is 11.6. The molecule has 1 amide bonds. The minimum atomic E-state index is -0.278. The van der Waals surface area contributed by atoms with Gasteiger partial charge in [-0.25, -0.2) is 0 Å². The number of carbonyl (C=O) groups excluding carboxylic acids is 2. The highest BCUT2D eigenvalue weighted by molar-refractivity contribution is 6.41. The normalized spacial score (nSPS) is 19.3. The van der Waals surface area contributed by atoms with Gasteiger partial charge in [0.1, 0.15) is 10.8 Å². The molecule has 1 saturated heterocycles. The molecule has 5 nitrogen and oxygen atoms in total. The van der Waals surface area contributed by atoms with Gasteiger partial charge in [0.15, 0.2) is 0 Å². The van der Waals surface area contributed by atoms with E-state index in [4.69, 9.17) is 27.9 Å². The number of esters is 1. The monoisotopic (exact) mass is 304 g/mol. The van der Waals surface area contributed by atoms with E-state index in [0.717, 1.165) is 12.8 Å². The van der Waals surface area contributed by atoms with Crippen LogP contribution in [0.2, 0.25) is 10.2 Å². The first-order chi connectivity index (χ1) is 9.02. The Bertz CT molecular complexity index is 482. The number of likely N-dealkylation sites (tertiary alicyclic amines) is 1. The van der Waals surface area contributed by atoms with E-state index in [1.807, 2.05) is 0 Å². The minimum Gasteiger partial charge on any atom is -0.469 e. The molecule has 19 heavy (non-hydrogen) atoms. The minimum absolute atomic E-state index is 0.206. The van der Waals surface area contributed by atoms with E-state index >= 15 is 0 Å². The molecule has 0 bridgehead atoms. The molecule has 1 aliphatic heterocycles. The van der Waals surface area contributed by atoms with E-state index < -0.39 is 0 Å². The average molecular weight is 305 g/mol. The van der Waals surface area contributed by atoms with Gasteiger partial charge in [0.05, 0.1) is 18.1 Å². The predicted molar refractivity (Wildman–Crippen MR) is 71.5 cm³/mol. The third kappa shape index (κ3) is 3.04. The van der Waals surface area contributed by atoms with E-state index in [-0.39, 0.29) is 22.9 Å². The molecule has 1 N–H and O–H groups in total. The lowest BCUT2D eigenvalue weighted by Crippen LogP contribution is -2.42. The van der Waals surface area contributed by atoms with E-state index in [2.05, 4.69) is 4.98 Å². The number of nitrogens with one attached hydrogen (secondary N) is 1.